The number of hydrogen-bond acceptors (Lipinski definition) is 4. The highest BCUT2D eigenvalue weighted by Crippen LogP contribution is 2.32. The lowest BCUT2D eigenvalue weighted by atomic mass is 9.98. The number of ketones is 1. The van der Waals surface area contributed by atoms with Crippen LogP contribution in [0.3, 0.4) is 0 Å². The van der Waals surface area contributed by atoms with Crippen LogP contribution >= 0.6 is 0 Å². The van der Waals surface area contributed by atoms with E-state index >= 15 is 0 Å². The van der Waals surface area contributed by atoms with E-state index in [9.17, 15) is 9.59 Å². The van der Waals surface area contributed by atoms with Gasteiger partial charge in [0.05, 0.1) is 5.71 Å². The minimum absolute atomic E-state index is 0.00951. The predicted octanol–water partition coefficient (Wildman–Crippen LogP) is 6.94. The number of carbonyl (C=O) groups is 2. The van der Waals surface area contributed by atoms with Gasteiger partial charge in [-0.3, -0.25) is 4.79 Å². The van der Waals surface area contributed by atoms with E-state index < -0.39 is 5.97 Å². The SMILES string of the molecule is CCn1c2ccc(C=CC(=O)c3ccccc3C)cc2c2cc(C(=NOC(C)=O)C(C)C)ccc21. The van der Waals surface area contributed by atoms with Crippen molar-refractivity contribution in [2.75, 3.05) is 0 Å². The van der Waals surface area contributed by atoms with Crippen molar-refractivity contribution in [2.24, 2.45) is 11.1 Å². The molecule has 35 heavy (non-hydrogen) atoms. The predicted molar refractivity (Wildman–Crippen MR) is 143 cm³/mol. The van der Waals surface area contributed by atoms with Gasteiger partial charge in [0.25, 0.3) is 0 Å². The molecule has 5 nitrogen and oxygen atoms in total. The Hall–Kier alpha value is -3.99. The van der Waals surface area contributed by atoms with Gasteiger partial charge >= 0.3 is 5.97 Å². The van der Waals surface area contributed by atoms with E-state index in [-0.39, 0.29) is 11.7 Å². The Morgan fingerprint density at radius 1 is 1.00 bits per heavy atom. The number of benzene rings is 3. The number of carbonyl (C=O) groups excluding carboxylic acids is 2. The molecule has 0 aliphatic carbocycles. The number of oxime groups is 1. The second-order valence-corrected chi connectivity index (χ2v) is 8.98. The Morgan fingerprint density at radius 3 is 2.34 bits per heavy atom. The van der Waals surface area contributed by atoms with Gasteiger partial charge in [0, 0.05) is 46.4 Å². The number of rotatable bonds is 7. The third-order valence-corrected chi connectivity index (χ3v) is 6.16. The van der Waals surface area contributed by atoms with E-state index in [1.165, 1.54) is 6.92 Å². The molecule has 0 saturated carbocycles. The topological polar surface area (TPSA) is 60.7 Å². The highest BCUT2D eigenvalue weighted by atomic mass is 16.7. The summed E-state index contributed by atoms with van der Waals surface area (Å²) in [5, 5.41) is 6.32. The standard InChI is InChI=1S/C30H30N2O3/c1-6-32-27-14-11-22(12-16-29(34)24-10-8-7-9-20(24)4)17-25(27)26-18-23(13-15-28(26)32)30(19(2)3)31-35-21(5)33/h7-19H,6H2,1-5H3. The van der Waals surface area contributed by atoms with Crippen molar-refractivity contribution in [2.45, 2.75) is 41.2 Å². The Bertz CT molecular complexity index is 1490. The number of aromatic nitrogens is 1. The van der Waals surface area contributed by atoms with Gasteiger partial charge in [-0.15, -0.1) is 0 Å². The Labute approximate surface area is 205 Å². The average molecular weight is 467 g/mol. The van der Waals surface area contributed by atoms with Crippen molar-refractivity contribution in [3.05, 3.63) is 89.0 Å². The summed E-state index contributed by atoms with van der Waals surface area (Å²) >= 11 is 0. The molecule has 0 bridgehead atoms. The number of hydrogen-bond donors (Lipinski definition) is 0. The van der Waals surface area contributed by atoms with E-state index in [1.807, 2.05) is 63.2 Å². The third kappa shape index (κ3) is 4.94. The van der Waals surface area contributed by atoms with Crippen LogP contribution in [-0.2, 0) is 16.2 Å². The van der Waals surface area contributed by atoms with Gasteiger partial charge in [-0.2, -0.15) is 0 Å². The number of aryl methyl sites for hydroxylation is 2. The maximum atomic E-state index is 12.7. The molecule has 3 aromatic carbocycles. The zero-order valence-corrected chi connectivity index (χ0v) is 20.8. The van der Waals surface area contributed by atoms with Crippen LogP contribution in [0.1, 0.15) is 54.7 Å². The molecule has 4 rings (SSSR count). The van der Waals surface area contributed by atoms with E-state index in [2.05, 4.69) is 40.9 Å². The molecular formula is C30H30N2O3. The van der Waals surface area contributed by atoms with Crippen molar-refractivity contribution in [1.82, 2.24) is 4.57 Å². The van der Waals surface area contributed by atoms with Crippen LogP contribution in [0.5, 0.6) is 0 Å². The van der Waals surface area contributed by atoms with Crippen LogP contribution in [0.4, 0.5) is 0 Å². The third-order valence-electron chi connectivity index (χ3n) is 6.16. The zero-order valence-electron chi connectivity index (χ0n) is 20.8. The fourth-order valence-corrected chi connectivity index (χ4v) is 4.44. The largest absolute Gasteiger partial charge is 0.341 e. The van der Waals surface area contributed by atoms with Crippen LogP contribution < -0.4 is 0 Å². The quantitative estimate of drug-likeness (QED) is 0.0974. The molecule has 0 N–H and O–H groups in total. The highest BCUT2D eigenvalue weighted by Gasteiger charge is 2.15. The first-order valence-electron chi connectivity index (χ1n) is 11.9. The minimum atomic E-state index is -0.441. The maximum absolute atomic E-state index is 12.7. The summed E-state index contributed by atoms with van der Waals surface area (Å²) in [6, 6.07) is 20.1. The summed E-state index contributed by atoms with van der Waals surface area (Å²) in [5.41, 5.74) is 6.53. The summed E-state index contributed by atoms with van der Waals surface area (Å²) in [6.45, 7) is 10.3. The van der Waals surface area contributed by atoms with Gasteiger partial charge in [0.1, 0.15) is 0 Å². The minimum Gasteiger partial charge on any atom is -0.341 e. The number of nitrogens with zero attached hydrogens (tertiary/aromatic N) is 2. The van der Waals surface area contributed by atoms with Gasteiger partial charge in [-0.25, -0.2) is 4.79 Å². The molecule has 0 aliphatic rings. The number of allylic oxidation sites excluding steroid dienone is 1. The van der Waals surface area contributed by atoms with Gasteiger partial charge in [-0.05, 0) is 61.2 Å². The molecule has 0 fully saturated rings. The highest BCUT2D eigenvalue weighted by molar-refractivity contribution is 6.13. The lowest BCUT2D eigenvalue weighted by Crippen LogP contribution is -2.11. The molecule has 0 amide bonds. The second-order valence-electron chi connectivity index (χ2n) is 8.98. The molecule has 0 unspecified atom stereocenters. The van der Waals surface area contributed by atoms with Crippen LogP contribution in [0.25, 0.3) is 27.9 Å². The zero-order chi connectivity index (χ0) is 25.1. The smallest absolute Gasteiger partial charge is 0.331 e. The summed E-state index contributed by atoms with van der Waals surface area (Å²) in [7, 11) is 0. The second kappa shape index (κ2) is 10.1. The van der Waals surface area contributed by atoms with Crippen LogP contribution in [-0.4, -0.2) is 22.0 Å². The molecular weight excluding hydrogens is 436 g/mol. The van der Waals surface area contributed by atoms with Crippen LogP contribution in [0.15, 0.2) is 71.9 Å². The molecule has 0 spiro atoms. The fraction of sp³-hybridized carbons (Fsp3) is 0.233. The average Bonchev–Trinajstić information content (AvgIpc) is 3.15. The molecule has 1 heterocycles. The summed E-state index contributed by atoms with van der Waals surface area (Å²) in [5.74, 6) is -0.370. The van der Waals surface area contributed by atoms with Crippen molar-refractivity contribution in [1.29, 1.82) is 0 Å². The van der Waals surface area contributed by atoms with Crippen molar-refractivity contribution < 1.29 is 14.4 Å². The lowest BCUT2D eigenvalue weighted by molar-refractivity contribution is -0.140. The van der Waals surface area contributed by atoms with Crippen LogP contribution in [0, 0.1) is 12.8 Å². The fourth-order valence-electron chi connectivity index (χ4n) is 4.44. The molecule has 0 atom stereocenters. The monoisotopic (exact) mass is 466 g/mol. The summed E-state index contributed by atoms with van der Waals surface area (Å²) in [6.07, 6.45) is 3.51. The first kappa shape index (κ1) is 24.1. The van der Waals surface area contributed by atoms with E-state index in [0.717, 1.165) is 50.8 Å². The van der Waals surface area contributed by atoms with E-state index in [4.69, 9.17) is 4.84 Å². The van der Waals surface area contributed by atoms with Crippen molar-refractivity contribution in [3.63, 3.8) is 0 Å². The summed E-state index contributed by atoms with van der Waals surface area (Å²) < 4.78 is 2.28. The maximum Gasteiger partial charge on any atom is 0.331 e. The van der Waals surface area contributed by atoms with Gasteiger partial charge in [-0.1, -0.05) is 61.5 Å². The van der Waals surface area contributed by atoms with Crippen molar-refractivity contribution in [3.8, 4) is 0 Å². The Kier molecular flexibility index (Phi) is 6.97. The number of fused-ring (bicyclic) bond motifs is 3. The Balaban J connectivity index is 1.80. The van der Waals surface area contributed by atoms with Gasteiger partial charge < -0.3 is 9.40 Å². The molecule has 4 aromatic rings. The molecule has 0 saturated heterocycles. The first-order valence-corrected chi connectivity index (χ1v) is 11.9. The van der Waals surface area contributed by atoms with E-state index in [1.54, 1.807) is 6.08 Å². The van der Waals surface area contributed by atoms with E-state index in [0.29, 0.717) is 5.56 Å². The van der Waals surface area contributed by atoms with Crippen LogP contribution in [0.2, 0.25) is 0 Å². The molecule has 0 radical (unpaired) electrons. The molecule has 0 aliphatic heterocycles. The van der Waals surface area contributed by atoms with Gasteiger partial charge in [0.15, 0.2) is 5.78 Å². The lowest BCUT2D eigenvalue weighted by Gasteiger charge is -2.10. The van der Waals surface area contributed by atoms with Crippen molar-refractivity contribution >= 4 is 45.3 Å². The molecule has 1 aromatic heterocycles. The summed E-state index contributed by atoms with van der Waals surface area (Å²) in [4.78, 5) is 29.0. The first-order chi connectivity index (χ1) is 16.8. The normalized spacial score (nSPS) is 12.2. The molecule has 5 heteroatoms. The van der Waals surface area contributed by atoms with Gasteiger partial charge in [0.2, 0.25) is 0 Å². The Morgan fingerprint density at radius 2 is 1.69 bits per heavy atom. The molecule has 178 valence electrons.